The molecular weight excluding hydrogens is 340 g/mol. The van der Waals surface area contributed by atoms with Crippen LogP contribution in [0.2, 0.25) is 0 Å². The molecule has 0 spiro atoms. The van der Waals surface area contributed by atoms with Gasteiger partial charge >= 0.3 is 0 Å². The summed E-state index contributed by atoms with van der Waals surface area (Å²) in [6, 6.07) is 9.44. The first-order chi connectivity index (χ1) is 11.7. The first-order valence-corrected chi connectivity index (χ1v) is 9.26. The summed E-state index contributed by atoms with van der Waals surface area (Å²) in [5.74, 6) is 0.135. The number of anilines is 1. The van der Waals surface area contributed by atoms with Gasteiger partial charge < -0.3 is 10.5 Å². The SMILES string of the molecule is COc1ccc(S(=O)(=O)Nc2cccc(C(N)=O)c2C)cc1C(C)C. The van der Waals surface area contributed by atoms with E-state index in [1.54, 1.807) is 44.4 Å². The van der Waals surface area contributed by atoms with Gasteiger partial charge in [0.1, 0.15) is 5.75 Å². The van der Waals surface area contributed by atoms with Crippen LogP contribution >= 0.6 is 0 Å². The van der Waals surface area contributed by atoms with Crippen LogP contribution in [0.3, 0.4) is 0 Å². The summed E-state index contributed by atoms with van der Waals surface area (Å²) in [4.78, 5) is 11.6. The van der Waals surface area contributed by atoms with E-state index in [9.17, 15) is 13.2 Å². The Kier molecular flexibility index (Phi) is 5.37. The first-order valence-electron chi connectivity index (χ1n) is 7.77. The molecule has 25 heavy (non-hydrogen) atoms. The van der Waals surface area contributed by atoms with Crippen molar-refractivity contribution in [2.45, 2.75) is 31.6 Å². The van der Waals surface area contributed by atoms with Crippen molar-refractivity contribution in [1.82, 2.24) is 0 Å². The van der Waals surface area contributed by atoms with Crippen LogP contribution in [-0.4, -0.2) is 21.4 Å². The molecule has 0 bridgehead atoms. The van der Waals surface area contributed by atoms with Crippen LogP contribution < -0.4 is 15.2 Å². The molecule has 0 aliphatic heterocycles. The molecule has 6 nitrogen and oxygen atoms in total. The smallest absolute Gasteiger partial charge is 0.261 e. The molecular formula is C18H22N2O4S. The third kappa shape index (κ3) is 3.93. The number of hydrogen-bond donors (Lipinski definition) is 2. The van der Waals surface area contributed by atoms with Crippen molar-refractivity contribution in [3.63, 3.8) is 0 Å². The molecule has 2 rings (SSSR count). The summed E-state index contributed by atoms with van der Waals surface area (Å²) in [5.41, 5.74) is 7.19. The van der Waals surface area contributed by atoms with Crippen LogP contribution in [0, 0.1) is 6.92 Å². The second kappa shape index (κ2) is 7.14. The maximum atomic E-state index is 12.7. The third-order valence-corrected chi connectivity index (χ3v) is 5.34. The molecule has 0 aliphatic rings. The Morgan fingerprint density at radius 3 is 2.44 bits per heavy atom. The van der Waals surface area contributed by atoms with E-state index < -0.39 is 15.9 Å². The Labute approximate surface area is 148 Å². The Bertz CT molecular complexity index is 905. The lowest BCUT2D eigenvalue weighted by Gasteiger charge is -2.16. The maximum Gasteiger partial charge on any atom is 0.261 e. The van der Waals surface area contributed by atoms with Crippen molar-refractivity contribution in [3.8, 4) is 5.75 Å². The molecule has 2 aromatic rings. The number of primary amides is 1. The van der Waals surface area contributed by atoms with E-state index in [1.165, 1.54) is 6.07 Å². The van der Waals surface area contributed by atoms with Crippen molar-refractivity contribution in [2.75, 3.05) is 11.8 Å². The van der Waals surface area contributed by atoms with E-state index in [1.807, 2.05) is 13.8 Å². The minimum Gasteiger partial charge on any atom is -0.496 e. The highest BCUT2D eigenvalue weighted by Crippen LogP contribution is 2.30. The van der Waals surface area contributed by atoms with Crippen molar-refractivity contribution in [3.05, 3.63) is 53.1 Å². The molecule has 0 fully saturated rings. The molecule has 3 N–H and O–H groups in total. The van der Waals surface area contributed by atoms with E-state index in [-0.39, 0.29) is 16.4 Å². The number of benzene rings is 2. The van der Waals surface area contributed by atoms with Gasteiger partial charge in [0.15, 0.2) is 0 Å². The minimum atomic E-state index is -3.82. The van der Waals surface area contributed by atoms with Gasteiger partial charge in [0.2, 0.25) is 5.91 Å². The lowest BCUT2D eigenvalue weighted by molar-refractivity contribution is 0.0999. The largest absolute Gasteiger partial charge is 0.496 e. The van der Waals surface area contributed by atoms with Gasteiger partial charge in [0, 0.05) is 5.56 Å². The summed E-state index contributed by atoms with van der Waals surface area (Å²) >= 11 is 0. The standard InChI is InChI=1S/C18H22N2O4S/c1-11(2)15-10-13(8-9-17(15)24-4)25(22,23)20-16-7-5-6-14(12(16)3)18(19)21/h5-11,20H,1-4H3,(H2,19,21). The van der Waals surface area contributed by atoms with E-state index in [0.717, 1.165) is 5.56 Å². The molecule has 0 radical (unpaired) electrons. The summed E-state index contributed by atoms with van der Waals surface area (Å²) in [6.45, 7) is 5.57. The van der Waals surface area contributed by atoms with E-state index in [4.69, 9.17) is 10.5 Å². The van der Waals surface area contributed by atoms with Gasteiger partial charge in [-0.05, 0) is 54.3 Å². The molecule has 0 aromatic heterocycles. The fraction of sp³-hybridized carbons (Fsp3) is 0.278. The number of carbonyl (C=O) groups excluding carboxylic acids is 1. The van der Waals surface area contributed by atoms with Crippen LogP contribution in [0.4, 0.5) is 5.69 Å². The predicted molar refractivity (Wildman–Crippen MR) is 97.6 cm³/mol. The number of carbonyl (C=O) groups is 1. The second-order valence-corrected chi connectivity index (χ2v) is 7.69. The highest BCUT2D eigenvalue weighted by atomic mass is 32.2. The zero-order valence-electron chi connectivity index (χ0n) is 14.7. The molecule has 0 saturated carbocycles. The Hall–Kier alpha value is -2.54. The zero-order valence-corrected chi connectivity index (χ0v) is 15.5. The van der Waals surface area contributed by atoms with Crippen molar-refractivity contribution in [2.24, 2.45) is 5.73 Å². The van der Waals surface area contributed by atoms with Gasteiger partial charge in [-0.15, -0.1) is 0 Å². The molecule has 0 saturated heterocycles. The van der Waals surface area contributed by atoms with Crippen LogP contribution in [-0.2, 0) is 10.0 Å². The summed E-state index contributed by atoms with van der Waals surface area (Å²) in [6.07, 6.45) is 0. The van der Waals surface area contributed by atoms with Gasteiger partial charge in [-0.25, -0.2) is 8.42 Å². The lowest BCUT2D eigenvalue weighted by atomic mass is 10.0. The Morgan fingerprint density at radius 2 is 1.88 bits per heavy atom. The number of nitrogens with one attached hydrogen (secondary N) is 1. The quantitative estimate of drug-likeness (QED) is 0.825. The average Bonchev–Trinajstić information content (AvgIpc) is 2.55. The normalized spacial score (nSPS) is 11.4. The molecule has 0 aliphatic carbocycles. The number of sulfonamides is 1. The molecule has 0 unspecified atom stereocenters. The van der Waals surface area contributed by atoms with Gasteiger partial charge in [-0.3, -0.25) is 9.52 Å². The molecule has 0 heterocycles. The summed E-state index contributed by atoms with van der Waals surface area (Å²) in [7, 11) is -2.27. The van der Waals surface area contributed by atoms with Crippen molar-refractivity contribution < 1.29 is 17.9 Å². The van der Waals surface area contributed by atoms with Crippen LogP contribution in [0.5, 0.6) is 5.75 Å². The number of hydrogen-bond acceptors (Lipinski definition) is 4. The zero-order chi connectivity index (χ0) is 18.8. The highest BCUT2D eigenvalue weighted by Gasteiger charge is 2.20. The van der Waals surface area contributed by atoms with Gasteiger partial charge in [0.25, 0.3) is 10.0 Å². The van der Waals surface area contributed by atoms with Gasteiger partial charge in [-0.1, -0.05) is 19.9 Å². The predicted octanol–water partition coefficient (Wildman–Crippen LogP) is 3.03. The van der Waals surface area contributed by atoms with E-state index in [0.29, 0.717) is 17.0 Å². The summed E-state index contributed by atoms with van der Waals surface area (Å²) in [5, 5.41) is 0. The van der Waals surface area contributed by atoms with Crippen LogP contribution in [0.25, 0.3) is 0 Å². The van der Waals surface area contributed by atoms with Crippen molar-refractivity contribution >= 4 is 21.6 Å². The fourth-order valence-corrected chi connectivity index (χ4v) is 3.71. The molecule has 2 aromatic carbocycles. The number of amides is 1. The second-order valence-electron chi connectivity index (χ2n) is 6.01. The Morgan fingerprint density at radius 1 is 1.20 bits per heavy atom. The highest BCUT2D eigenvalue weighted by molar-refractivity contribution is 7.92. The van der Waals surface area contributed by atoms with E-state index >= 15 is 0 Å². The fourth-order valence-electron chi connectivity index (χ4n) is 2.55. The summed E-state index contributed by atoms with van der Waals surface area (Å²) < 4.78 is 33.3. The molecule has 7 heteroatoms. The lowest BCUT2D eigenvalue weighted by Crippen LogP contribution is -2.17. The van der Waals surface area contributed by atoms with Gasteiger partial charge in [0.05, 0.1) is 17.7 Å². The first kappa shape index (κ1) is 18.8. The molecule has 0 atom stereocenters. The topological polar surface area (TPSA) is 98.5 Å². The van der Waals surface area contributed by atoms with Crippen LogP contribution in [0.1, 0.15) is 41.3 Å². The Balaban J connectivity index is 2.46. The minimum absolute atomic E-state index is 0.102. The number of nitrogens with two attached hydrogens (primary N) is 1. The van der Waals surface area contributed by atoms with Crippen LogP contribution in [0.15, 0.2) is 41.3 Å². The number of rotatable bonds is 6. The monoisotopic (exact) mass is 362 g/mol. The molecule has 1 amide bonds. The van der Waals surface area contributed by atoms with Crippen molar-refractivity contribution in [1.29, 1.82) is 0 Å². The molecule has 134 valence electrons. The average molecular weight is 362 g/mol. The number of ether oxygens (including phenoxy) is 1. The maximum absolute atomic E-state index is 12.7. The third-order valence-electron chi connectivity index (χ3n) is 3.98. The number of methoxy groups -OCH3 is 1. The van der Waals surface area contributed by atoms with E-state index in [2.05, 4.69) is 4.72 Å². The van der Waals surface area contributed by atoms with Gasteiger partial charge in [-0.2, -0.15) is 0 Å².